The van der Waals surface area contributed by atoms with E-state index in [1.165, 1.54) is 24.3 Å². The van der Waals surface area contributed by atoms with E-state index in [2.05, 4.69) is 5.32 Å². The average Bonchev–Trinajstić information content (AvgIpc) is 2.80. The standard InChI is InChI=1S/C25H22F5N3O2/c1-2-3-15-33(18-11-7-16(8-12-18)25(28,29)30)19-13-9-17(10-14-19)31-24(35)32-23(34)22-20(26)5-4-6-21(22)27/h4-14H,2-3,15H2,1H3,(H2,31,32,34,35). The van der Waals surface area contributed by atoms with Crippen molar-refractivity contribution in [3.8, 4) is 0 Å². The molecule has 0 atom stereocenters. The summed E-state index contributed by atoms with van der Waals surface area (Å²) in [5, 5.41) is 4.26. The predicted octanol–water partition coefficient (Wildman–Crippen LogP) is 6.88. The number of carbonyl (C=O) groups excluding carboxylic acids is 2. The fourth-order valence-electron chi connectivity index (χ4n) is 3.32. The van der Waals surface area contributed by atoms with Crippen LogP contribution in [0.15, 0.2) is 66.7 Å². The van der Waals surface area contributed by atoms with Gasteiger partial charge in [-0.1, -0.05) is 19.4 Å². The minimum Gasteiger partial charge on any atom is -0.341 e. The molecule has 0 aliphatic carbocycles. The van der Waals surface area contributed by atoms with Crippen molar-refractivity contribution in [1.29, 1.82) is 0 Å². The Balaban J connectivity index is 1.71. The number of halogens is 5. The third kappa shape index (κ3) is 6.56. The van der Waals surface area contributed by atoms with E-state index >= 15 is 0 Å². The molecule has 5 nitrogen and oxygen atoms in total. The third-order valence-electron chi connectivity index (χ3n) is 5.10. The van der Waals surface area contributed by atoms with E-state index in [4.69, 9.17) is 0 Å². The summed E-state index contributed by atoms with van der Waals surface area (Å²) in [6.45, 7) is 2.54. The quantitative estimate of drug-likeness (QED) is 0.354. The van der Waals surface area contributed by atoms with Crippen LogP contribution in [0.1, 0.15) is 35.7 Å². The maximum atomic E-state index is 13.7. The van der Waals surface area contributed by atoms with Gasteiger partial charge in [-0.25, -0.2) is 13.6 Å². The Morgan fingerprint density at radius 1 is 0.857 bits per heavy atom. The van der Waals surface area contributed by atoms with E-state index in [1.807, 2.05) is 17.1 Å². The van der Waals surface area contributed by atoms with Crippen molar-refractivity contribution in [3.05, 3.63) is 89.5 Å². The maximum absolute atomic E-state index is 13.7. The molecule has 3 amide bonds. The summed E-state index contributed by atoms with van der Waals surface area (Å²) in [6, 6.07) is 13.1. The lowest BCUT2D eigenvalue weighted by Crippen LogP contribution is -2.35. The second-order valence-corrected chi connectivity index (χ2v) is 7.60. The lowest BCUT2D eigenvalue weighted by atomic mass is 10.1. The minimum atomic E-state index is -4.43. The molecule has 0 saturated heterocycles. The lowest BCUT2D eigenvalue weighted by molar-refractivity contribution is -0.137. The Bertz CT molecular complexity index is 1160. The van der Waals surface area contributed by atoms with E-state index < -0.39 is 40.9 Å². The van der Waals surface area contributed by atoms with Crippen molar-refractivity contribution in [2.45, 2.75) is 25.9 Å². The van der Waals surface area contributed by atoms with Crippen molar-refractivity contribution < 1.29 is 31.5 Å². The van der Waals surface area contributed by atoms with Crippen LogP contribution < -0.4 is 15.5 Å². The van der Waals surface area contributed by atoms with Crippen molar-refractivity contribution >= 4 is 29.0 Å². The van der Waals surface area contributed by atoms with E-state index in [9.17, 15) is 31.5 Å². The number of hydrogen-bond acceptors (Lipinski definition) is 3. The Kier molecular flexibility index (Phi) is 8.06. The first kappa shape index (κ1) is 25.7. The summed E-state index contributed by atoms with van der Waals surface area (Å²) in [6.07, 6.45) is -2.77. The van der Waals surface area contributed by atoms with Crippen molar-refractivity contribution in [3.63, 3.8) is 0 Å². The molecule has 0 spiro atoms. The van der Waals surface area contributed by atoms with Crippen LogP contribution in [0.4, 0.5) is 43.8 Å². The molecule has 2 N–H and O–H groups in total. The van der Waals surface area contributed by atoms with Crippen molar-refractivity contribution in [2.24, 2.45) is 0 Å². The molecule has 0 saturated carbocycles. The van der Waals surface area contributed by atoms with Gasteiger partial charge in [-0.3, -0.25) is 10.1 Å². The molecule has 0 aliphatic heterocycles. The van der Waals surface area contributed by atoms with Gasteiger partial charge in [0.1, 0.15) is 17.2 Å². The molecule has 0 heterocycles. The molecule has 0 radical (unpaired) electrons. The molecule has 184 valence electrons. The summed E-state index contributed by atoms with van der Waals surface area (Å²) in [4.78, 5) is 26.0. The predicted molar refractivity (Wildman–Crippen MR) is 123 cm³/mol. The number of nitrogens with zero attached hydrogens (tertiary/aromatic N) is 1. The zero-order valence-corrected chi connectivity index (χ0v) is 18.6. The van der Waals surface area contributed by atoms with Crippen molar-refractivity contribution in [2.75, 3.05) is 16.8 Å². The first-order chi connectivity index (χ1) is 16.6. The molecule has 35 heavy (non-hydrogen) atoms. The fourth-order valence-corrected chi connectivity index (χ4v) is 3.32. The zero-order chi connectivity index (χ0) is 25.6. The van der Waals surface area contributed by atoms with Gasteiger partial charge >= 0.3 is 12.2 Å². The van der Waals surface area contributed by atoms with Gasteiger partial charge in [-0.05, 0) is 67.1 Å². The third-order valence-corrected chi connectivity index (χ3v) is 5.10. The molecule has 0 aliphatic rings. The number of hydrogen-bond donors (Lipinski definition) is 2. The SMILES string of the molecule is CCCCN(c1ccc(NC(=O)NC(=O)c2c(F)cccc2F)cc1)c1ccc(C(F)(F)F)cc1. The molecule has 0 fully saturated rings. The first-order valence-electron chi connectivity index (χ1n) is 10.7. The summed E-state index contributed by atoms with van der Waals surface area (Å²) in [5.41, 5.74) is -0.0832. The largest absolute Gasteiger partial charge is 0.416 e. The van der Waals surface area contributed by atoms with E-state index in [0.717, 1.165) is 43.2 Å². The Morgan fingerprint density at radius 3 is 1.91 bits per heavy atom. The van der Waals surface area contributed by atoms with Gasteiger partial charge in [0, 0.05) is 23.6 Å². The smallest absolute Gasteiger partial charge is 0.341 e. The van der Waals surface area contributed by atoms with Crippen LogP contribution >= 0.6 is 0 Å². The van der Waals surface area contributed by atoms with Gasteiger partial charge < -0.3 is 10.2 Å². The summed E-state index contributed by atoms with van der Waals surface area (Å²) in [5.74, 6) is -3.44. The van der Waals surface area contributed by atoms with Crippen molar-refractivity contribution in [1.82, 2.24) is 5.32 Å². The second kappa shape index (κ2) is 11.0. The topological polar surface area (TPSA) is 61.4 Å². The molecular weight excluding hydrogens is 469 g/mol. The number of nitrogens with one attached hydrogen (secondary N) is 2. The molecule has 0 bridgehead atoms. The average molecular weight is 491 g/mol. The summed E-state index contributed by atoms with van der Waals surface area (Å²) in [7, 11) is 0. The van der Waals surface area contributed by atoms with Gasteiger partial charge in [0.25, 0.3) is 5.91 Å². The van der Waals surface area contributed by atoms with Crippen LogP contribution in [0.2, 0.25) is 0 Å². The molecule has 0 aromatic heterocycles. The normalized spacial score (nSPS) is 11.1. The minimum absolute atomic E-state index is 0.288. The monoisotopic (exact) mass is 491 g/mol. The molecule has 3 rings (SSSR count). The molecule has 3 aromatic rings. The highest BCUT2D eigenvalue weighted by Crippen LogP contribution is 2.33. The van der Waals surface area contributed by atoms with Gasteiger partial charge in [0.2, 0.25) is 0 Å². The lowest BCUT2D eigenvalue weighted by Gasteiger charge is -2.25. The van der Waals surface area contributed by atoms with Gasteiger partial charge in [-0.2, -0.15) is 13.2 Å². The van der Waals surface area contributed by atoms with Crippen LogP contribution in [-0.4, -0.2) is 18.5 Å². The van der Waals surface area contributed by atoms with Crippen LogP contribution in [-0.2, 0) is 6.18 Å². The van der Waals surface area contributed by atoms with Gasteiger partial charge in [-0.15, -0.1) is 0 Å². The number of alkyl halides is 3. The zero-order valence-electron chi connectivity index (χ0n) is 18.6. The number of benzene rings is 3. The highest BCUT2D eigenvalue weighted by molar-refractivity contribution is 6.08. The molecule has 0 unspecified atom stereocenters. The van der Waals surface area contributed by atoms with Crippen LogP contribution in [0, 0.1) is 11.6 Å². The number of amides is 3. The number of urea groups is 1. The number of imide groups is 1. The van der Waals surface area contributed by atoms with E-state index in [-0.39, 0.29) is 5.69 Å². The van der Waals surface area contributed by atoms with Crippen LogP contribution in [0.5, 0.6) is 0 Å². The molecular formula is C25H22F5N3O2. The summed E-state index contributed by atoms with van der Waals surface area (Å²) < 4.78 is 66.1. The highest BCUT2D eigenvalue weighted by atomic mass is 19.4. The number of rotatable bonds is 7. The Labute approximate surface area is 198 Å². The first-order valence-corrected chi connectivity index (χ1v) is 10.7. The Hall–Kier alpha value is -3.95. The number of carbonyl (C=O) groups is 2. The molecule has 3 aromatic carbocycles. The fraction of sp³-hybridized carbons (Fsp3) is 0.200. The van der Waals surface area contributed by atoms with Crippen LogP contribution in [0.25, 0.3) is 0 Å². The van der Waals surface area contributed by atoms with Gasteiger partial charge in [0.05, 0.1) is 5.56 Å². The van der Waals surface area contributed by atoms with Gasteiger partial charge in [0.15, 0.2) is 0 Å². The number of unbranched alkanes of at least 4 members (excludes halogenated alkanes) is 1. The van der Waals surface area contributed by atoms with E-state index in [0.29, 0.717) is 17.9 Å². The maximum Gasteiger partial charge on any atom is 0.416 e. The highest BCUT2D eigenvalue weighted by Gasteiger charge is 2.30. The summed E-state index contributed by atoms with van der Waals surface area (Å²) >= 11 is 0. The Morgan fingerprint density at radius 2 is 1.40 bits per heavy atom. The second-order valence-electron chi connectivity index (χ2n) is 7.60. The van der Waals surface area contributed by atoms with E-state index in [1.54, 1.807) is 12.1 Å². The van der Waals surface area contributed by atoms with Crippen LogP contribution in [0.3, 0.4) is 0 Å². The number of anilines is 3. The molecule has 10 heteroatoms.